The summed E-state index contributed by atoms with van der Waals surface area (Å²) in [6, 6.07) is 3.05. The van der Waals surface area contributed by atoms with E-state index >= 15 is 0 Å². The van der Waals surface area contributed by atoms with Gasteiger partial charge in [-0.05, 0) is 51.2 Å². The van der Waals surface area contributed by atoms with Crippen molar-refractivity contribution >= 4 is 22.7 Å². The van der Waals surface area contributed by atoms with E-state index in [4.69, 9.17) is 10.8 Å². The first-order valence-corrected chi connectivity index (χ1v) is 9.48. The molecule has 150 valence electrons. The van der Waals surface area contributed by atoms with Crippen LogP contribution < -0.4 is 20.8 Å². The highest BCUT2D eigenvalue weighted by Gasteiger charge is 2.34. The fourth-order valence-electron chi connectivity index (χ4n) is 3.98. The third kappa shape index (κ3) is 3.32. The average molecular weight is 389 g/mol. The first kappa shape index (κ1) is 18.7. The zero-order valence-corrected chi connectivity index (χ0v) is 15.9. The van der Waals surface area contributed by atoms with Gasteiger partial charge >= 0.3 is 6.16 Å². The number of anilines is 1. The molecule has 7 nitrogen and oxygen atoms in total. The molecule has 1 atom stereocenters. The number of hydrogen-bond acceptors (Lipinski definition) is 5. The van der Waals surface area contributed by atoms with E-state index in [9.17, 15) is 14.0 Å². The van der Waals surface area contributed by atoms with Crippen LogP contribution in [-0.2, 0) is 0 Å². The third-order valence-electron chi connectivity index (χ3n) is 5.79. The van der Waals surface area contributed by atoms with Crippen molar-refractivity contribution in [3.8, 4) is 5.75 Å². The fourth-order valence-corrected chi connectivity index (χ4v) is 3.98. The van der Waals surface area contributed by atoms with Crippen LogP contribution in [-0.4, -0.2) is 34.5 Å². The molecule has 0 spiro atoms. The first-order valence-electron chi connectivity index (χ1n) is 9.48. The highest BCUT2D eigenvalue weighted by Crippen LogP contribution is 2.39. The Bertz CT molecular complexity index is 1010. The summed E-state index contributed by atoms with van der Waals surface area (Å²) in [5.41, 5.74) is 6.30. The number of ether oxygens (including phenoxy) is 1. The second-order valence-corrected chi connectivity index (χ2v) is 8.40. The molecule has 8 heteroatoms. The van der Waals surface area contributed by atoms with Crippen LogP contribution in [0.2, 0.25) is 0 Å². The van der Waals surface area contributed by atoms with Gasteiger partial charge in [-0.25, -0.2) is 9.18 Å². The van der Waals surface area contributed by atoms with Crippen molar-refractivity contribution in [3.05, 3.63) is 34.4 Å². The lowest BCUT2D eigenvalue weighted by Gasteiger charge is -2.27. The highest BCUT2D eigenvalue weighted by molar-refractivity contribution is 5.85. The van der Waals surface area contributed by atoms with Crippen molar-refractivity contribution in [2.24, 2.45) is 11.7 Å². The molecule has 0 unspecified atom stereocenters. The Morgan fingerprint density at radius 1 is 1.32 bits per heavy atom. The Morgan fingerprint density at radius 2 is 2.04 bits per heavy atom. The van der Waals surface area contributed by atoms with Gasteiger partial charge in [-0.3, -0.25) is 4.79 Å². The smallest absolute Gasteiger partial charge is 0.449 e. The first-order chi connectivity index (χ1) is 13.1. The van der Waals surface area contributed by atoms with Gasteiger partial charge in [0.15, 0.2) is 5.75 Å². The summed E-state index contributed by atoms with van der Waals surface area (Å²) in [5, 5.41) is 9.01. The van der Waals surface area contributed by atoms with E-state index in [0.29, 0.717) is 24.3 Å². The van der Waals surface area contributed by atoms with Gasteiger partial charge in [-0.1, -0.05) is 0 Å². The maximum atomic E-state index is 14.9. The van der Waals surface area contributed by atoms with Crippen molar-refractivity contribution in [2.45, 2.75) is 44.7 Å². The number of nitrogens with two attached hydrogens (primary N) is 1. The number of carboxylic acid groups (broad SMARTS) is 1. The van der Waals surface area contributed by atoms with Crippen LogP contribution >= 0.6 is 0 Å². The summed E-state index contributed by atoms with van der Waals surface area (Å²) in [4.78, 5) is 25.5. The number of hydrogen-bond donors (Lipinski definition) is 2. The lowest BCUT2D eigenvalue weighted by molar-refractivity contribution is 0.143. The minimum atomic E-state index is -1.57. The van der Waals surface area contributed by atoms with Crippen LogP contribution in [0.1, 0.15) is 39.2 Å². The van der Waals surface area contributed by atoms with E-state index in [1.54, 1.807) is 6.07 Å². The summed E-state index contributed by atoms with van der Waals surface area (Å²) in [6.45, 7) is 5.31. The lowest BCUT2D eigenvalue weighted by Crippen LogP contribution is -2.42. The van der Waals surface area contributed by atoms with Crippen LogP contribution in [0, 0.1) is 11.7 Å². The highest BCUT2D eigenvalue weighted by atomic mass is 19.1. The van der Waals surface area contributed by atoms with E-state index in [1.165, 1.54) is 12.3 Å². The number of rotatable bonds is 4. The minimum absolute atomic E-state index is 0.127. The fraction of sp³-hybridized carbons (Fsp3) is 0.500. The molecule has 1 saturated heterocycles. The van der Waals surface area contributed by atoms with Crippen molar-refractivity contribution < 1.29 is 19.0 Å². The zero-order chi connectivity index (χ0) is 20.2. The molecule has 28 heavy (non-hydrogen) atoms. The van der Waals surface area contributed by atoms with Crippen molar-refractivity contribution in [3.63, 3.8) is 0 Å². The van der Waals surface area contributed by atoms with E-state index in [0.717, 1.165) is 19.3 Å². The zero-order valence-electron chi connectivity index (χ0n) is 15.9. The Hall–Kier alpha value is -2.61. The molecular weight excluding hydrogens is 365 g/mol. The molecule has 2 fully saturated rings. The topological polar surface area (TPSA) is 97.8 Å². The van der Waals surface area contributed by atoms with Crippen LogP contribution in [0.4, 0.5) is 14.9 Å². The van der Waals surface area contributed by atoms with E-state index < -0.39 is 17.4 Å². The number of fused-ring (bicyclic) bond motifs is 1. The maximum absolute atomic E-state index is 14.9. The standard InChI is InChI=1S/C20H24FN3O4/c1-20(2,22)11-5-6-23(9-11)16-8-15-13(7-14(16)21)18(25)17(28-19(26)27)10-24(15)12-3-4-12/h7-8,10-12H,3-6,9,22H2,1-2H3,(H,26,27)/t11-/m1/s1. The van der Waals surface area contributed by atoms with Crippen molar-refractivity contribution in [1.82, 2.24) is 4.57 Å². The number of nitrogens with zero attached hydrogens (tertiary/aromatic N) is 2. The van der Waals surface area contributed by atoms with Gasteiger partial charge in [0.25, 0.3) is 0 Å². The second-order valence-electron chi connectivity index (χ2n) is 8.40. The quantitative estimate of drug-likeness (QED) is 0.780. The SMILES string of the molecule is CC(C)(N)[C@@H]1CCN(c2cc3c(cc2F)c(=O)c(OC(=O)O)cn3C2CC2)C1. The van der Waals surface area contributed by atoms with Gasteiger partial charge in [0.05, 0.1) is 22.8 Å². The van der Waals surface area contributed by atoms with Crippen LogP contribution in [0.25, 0.3) is 10.9 Å². The molecule has 2 aromatic rings. The Morgan fingerprint density at radius 3 is 2.61 bits per heavy atom. The number of benzene rings is 1. The second kappa shape index (κ2) is 6.48. The molecule has 0 amide bonds. The number of pyridine rings is 1. The predicted octanol–water partition coefficient (Wildman–Crippen LogP) is 3.10. The molecule has 1 saturated carbocycles. The number of halogens is 1. The van der Waals surface area contributed by atoms with Crippen molar-refractivity contribution in [1.29, 1.82) is 0 Å². The Kier molecular flexibility index (Phi) is 4.33. The number of carbonyl (C=O) groups is 1. The van der Waals surface area contributed by atoms with Gasteiger partial charge in [0.2, 0.25) is 5.43 Å². The molecule has 1 aliphatic carbocycles. The molecule has 2 aliphatic rings. The normalized spacial score (nSPS) is 20.0. The molecule has 3 N–H and O–H groups in total. The predicted molar refractivity (Wildman–Crippen MR) is 104 cm³/mol. The summed E-state index contributed by atoms with van der Waals surface area (Å²) in [5.74, 6) is -0.556. The molecule has 1 aliphatic heterocycles. The van der Waals surface area contributed by atoms with E-state index in [2.05, 4.69) is 4.74 Å². The maximum Gasteiger partial charge on any atom is 0.511 e. The Balaban J connectivity index is 1.81. The van der Waals surface area contributed by atoms with Crippen LogP contribution in [0.15, 0.2) is 23.1 Å². The van der Waals surface area contributed by atoms with E-state index in [1.807, 2.05) is 23.3 Å². The molecular formula is C20H24FN3O4. The average Bonchev–Trinajstić information content (AvgIpc) is 3.31. The third-order valence-corrected chi connectivity index (χ3v) is 5.79. The molecule has 1 aromatic carbocycles. The van der Waals surface area contributed by atoms with Gasteiger partial charge in [-0.15, -0.1) is 0 Å². The summed E-state index contributed by atoms with van der Waals surface area (Å²) in [6.07, 6.45) is 2.58. The largest absolute Gasteiger partial charge is 0.511 e. The summed E-state index contributed by atoms with van der Waals surface area (Å²) < 4.78 is 21.4. The molecule has 0 bridgehead atoms. The van der Waals surface area contributed by atoms with Crippen LogP contribution in [0.3, 0.4) is 0 Å². The summed E-state index contributed by atoms with van der Waals surface area (Å²) >= 11 is 0. The molecule has 4 rings (SSSR count). The van der Waals surface area contributed by atoms with E-state index in [-0.39, 0.29) is 28.6 Å². The summed E-state index contributed by atoms with van der Waals surface area (Å²) in [7, 11) is 0. The monoisotopic (exact) mass is 389 g/mol. The van der Waals surface area contributed by atoms with Crippen molar-refractivity contribution in [2.75, 3.05) is 18.0 Å². The number of aromatic nitrogens is 1. The molecule has 1 aromatic heterocycles. The molecule has 0 radical (unpaired) electrons. The Labute approximate surface area is 161 Å². The van der Waals surface area contributed by atoms with Gasteiger partial charge < -0.3 is 25.0 Å². The van der Waals surface area contributed by atoms with Crippen LogP contribution in [0.5, 0.6) is 5.75 Å². The molecule has 2 heterocycles. The van der Waals surface area contributed by atoms with Gasteiger partial charge in [0, 0.05) is 24.7 Å². The lowest BCUT2D eigenvalue weighted by atomic mass is 9.88. The van der Waals surface area contributed by atoms with Gasteiger partial charge in [0.1, 0.15) is 5.82 Å². The van der Waals surface area contributed by atoms with Gasteiger partial charge in [-0.2, -0.15) is 0 Å². The minimum Gasteiger partial charge on any atom is -0.449 e.